The number of aromatic nitrogens is 1. The van der Waals surface area contributed by atoms with Gasteiger partial charge in [-0.25, -0.2) is 13.1 Å². The summed E-state index contributed by atoms with van der Waals surface area (Å²) in [5.74, 6) is 0.443. The molecule has 0 unspecified atom stereocenters. The van der Waals surface area contributed by atoms with E-state index in [0.29, 0.717) is 12.5 Å². The molecule has 0 atom stereocenters. The number of H-pyrrole nitrogens is 1. The summed E-state index contributed by atoms with van der Waals surface area (Å²) in [6, 6.07) is 2.48. The second-order valence-corrected chi connectivity index (χ2v) is 5.74. The van der Waals surface area contributed by atoms with Crippen LogP contribution in [-0.4, -0.2) is 19.9 Å². The molecule has 0 aliphatic heterocycles. The quantitative estimate of drug-likeness (QED) is 0.800. The molecule has 0 aliphatic rings. The Morgan fingerprint density at radius 1 is 1.38 bits per heavy atom. The van der Waals surface area contributed by atoms with E-state index in [0.717, 1.165) is 6.42 Å². The van der Waals surface area contributed by atoms with Crippen molar-refractivity contribution in [1.82, 2.24) is 9.71 Å². The topological polar surface area (TPSA) is 79.0 Å². The van der Waals surface area contributed by atoms with Crippen molar-refractivity contribution in [2.24, 2.45) is 5.92 Å². The summed E-state index contributed by atoms with van der Waals surface area (Å²) in [7, 11) is -3.49. The maximum atomic E-state index is 11.7. The lowest BCUT2D eigenvalue weighted by molar-refractivity contribution is 0.551. The van der Waals surface area contributed by atoms with Crippen LogP contribution in [0.1, 0.15) is 20.3 Å². The van der Waals surface area contributed by atoms with Crippen LogP contribution in [0.15, 0.2) is 28.0 Å². The molecule has 0 radical (unpaired) electrons. The molecule has 0 fully saturated rings. The van der Waals surface area contributed by atoms with E-state index >= 15 is 0 Å². The SMILES string of the molecule is CC(C)CCNS(=O)(=O)c1ccc(=O)[nH]c1. The molecule has 2 N–H and O–H groups in total. The number of sulfonamides is 1. The van der Waals surface area contributed by atoms with Gasteiger partial charge in [0.15, 0.2) is 0 Å². The van der Waals surface area contributed by atoms with Gasteiger partial charge in [-0.3, -0.25) is 4.79 Å². The lowest BCUT2D eigenvalue weighted by atomic mass is 10.1. The second kappa shape index (κ2) is 5.27. The number of pyridine rings is 1. The lowest BCUT2D eigenvalue weighted by Gasteiger charge is -2.07. The van der Waals surface area contributed by atoms with Crippen LogP contribution in [0.25, 0.3) is 0 Å². The number of nitrogens with one attached hydrogen (secondary N) is 2. The van der Waals surface area contributed by atoms with Crippen molar-refractivity contribution in [3.63, 3.8) is 0 Å². The third kappa shape index (κ3) is 3.79. The smallest absolute Gasteiger partial charge is 0.247 e. The Labute approximate surface area is 94.9 Å². The van der Waals surface area contributed by atoms with Gasteiger partial charge in [-0.1, -0.05) is 13.8 Å². The summed E-state index contributed by atoms with van der Waals surface area (Å²) in [6.45, 7) is 4.45. The minimum Gasteiger partial charge on any atom is -0.328 e. The second-order valence-electron chi connectivity index (χ2n) is 3.97. The number of aromatic amines is 1. The Balaban J connectivity index is 2.71. The molecule has 90 valence electrons. The van der Waals surface area contributed by atoms with E-state index < -0.39 is 10.0 Å². The zero-order chi connectivity index (χ0) is 12.2. The Hall–Kier alpha value is -1.14. The van der Waals surface area contributed by atoms with Crippen molar-refractivity contribution in [2.45, 2.75) is 25.2 Å². The highest BCUT2D eigenvalue weighted by atomic mass is 32.2. The molecule has 1 aromatic rings. The van der Waals surface area contributed by atoms with Gasteiger partial charge in [0.25, 0.3) is 0 Å². The van der Waals surface area contributed by atoms with Crippen molar-refractivity contribution < 1.29 is 8.42 Å². The molecule has 0 aliphatic carbocycles. The zero-order valence-electron chi connectivity index (χ0n) is 9.36. The van der Waals surface area contributed by atoms with Gasteiger partial charge in [0.1, 0.15) is 0 Å². The molecule has 0 saturated carbocycles. The minimum absolute atomic E-state index is 0.0795. The fourth-order valence-electron chi connectivity index (χ4n) is 1.13. The molecule has 0 bridgehead atoms. The van der Waals surface area contributed by atoms with Gasteiger partial charge in [-0.15, -0.1) is 0 Å². The van der Waals surface area contributed by atoms with E-state index in [1.807, 2.05) is 13.8 Å². The summed E-state index contributed by atoms with van der Waals surface area (Å²) < 4.78 is 25.9. The van der Waals surface area contributed by atoms with Crippen molar-refractivity contribution in [1.29, 1.82) is 0 Å². The van der Waals surface area contributed by atoms with Crippen LogP contribution >= 0.6 is 0 Å². The van der Waals surface area contributed by atoms with E-state index in [1.165, 1.54) is 18.3 Å². The van der Waals surface area contributed by atoms with Crippen LogP contribution in [0, 0.1) is 5.92 Å². The normalized spacial score (nSPS) is 11.9. The molecule has 16 heavy (non-hydrogen) atoms. The van der Waals surface area contributed by atoms with Crippen LogP contribution in [0.3, 0.4) is 0 Å². The van der Waals surface area contributed by atoms with Crippen LogP contribution in [0.5, 0.6) is 0 Å². The maximum absolute atomic E-state index is 11.7. The van der Waals surface area contributed by atoms with Gasteiger partial charge in [0.05, 0.1) is 4.90 Å². The third-order valence-electron chi connectivity index (χ3n) is 2.08. The number of hydrogen-bond acceptors (Lipinski definition) is 3. The molecule has 5 nitrogen and oxygen atoms in total. The Morgan fingerprint density at radius 3 is 2.56 bits per heavy atom. The molecule has 0 saturated heterocycles. The molecule has 1 heterocycles. The summed E-state index contributed by atoms with van der Waals surface area (Å²) in [5.41, 5.74) is -0.318. The van der Waals surface area contributed by atoms with Crippen LogP contribution < -0.4 is 10.3 Å². The van der Waals surface area contributed by atoms with E-state index in [4.69, 9.17) is 0 Å². The minimum atomic E-state index is -3.49. The van der Waals surface area contributed by atoms with Crippen LogP contribution in [0.4, 0.5) is 0 Å². The van der Waals surface area contributed by atoms with Crippen molar-refractivity contribution >= 4 is 10.0 Å². The number of rotatable bonds is 5. The average Bonchev–Trinajstić information content (AvgIpc) is 2.17. The van der Waals surface area contributed by atoms with Crippen molar-refractivity contribution in [3.8, 4) is 0 Å². The molecule has 0 spiro atoms. The van der Waals surface area contributed by atoms with Gasteiger partial charge < -0.3 is 4.98 Å². The van der Waals surface area contributed by atoms with Gasteiger partial charge in [0.2, 0.25) is 15.6 Å². The molecule has 0 aromatic carbocycles. The molecule has 1 rings (SSSR count). The Bertz CT molecular complexity index is 471. The third-order valence-corrected chi connectivity index (χ3v) is 3.54. The summed E-state index contributed by atoms with van der Waals surface area (Å²) >= 11 is 0. The first-order valence-corrected chi connectivity index (χ1v) is 6.58. The predicted octanol–water partition coefficient (Wildman–Crippen LogP) is 0.699. The molecule has 0 amide bonds. The standard InChI is InChI=1S/C10H16N2O3S/c1-8(2)5-6-12-16(14,15)9-3-4-10(13)11-7-9/h3-4,7-8,12H,5-6H2,1-2H3,(H,11,13). The van der Waals surface area contributed by atoms with E-state index in [1.54, 1.807) is 0 Å². The highest BCUT2D eigenvalue weighted by Gasteiger charge is 2.13. The van der Waals surface area contributed by atoms with Gasteiger partial charge in [-0.2, -0.15) is 0 Å². The molecule has 1 aromatic heterocycles. The zero-order valence-corrected chi connectivity index (χ0v) is 10.2. The first-order valence-electron chi connectivity index (χ1n) is 5.10. The summed E-state index contributed by atoms with van der Waals surface area (Å²) in [4.78, 5) is 13.2. The van der Waals surface area contributed by atoms with Crippen LogP contribution in [-0.2, 0) is 10.0 Å². The number of hydrogen-bond donors (Lipinski definition) is 2. The van der Waals surface area contributed by atoms with Gasteiger partial charge in [0, 0.05) is 18.8 Å². The first kappa shape index (κ1) is 12.9. The average molecular weight is 244 g/mol. The Kier molecular flexibility index (Phi) is 4.26. The van der Waals surface area contributed by atoms with Crippen LogP contribution in [0.2, 0.25) is 0 Å². The largest absolute Gasteiger partial charge is 0.328 e. The monoisotopic (exact) mass is 244 g/mol. The van der Waals surface area contributed by atoms with Gasteiger partial charge >= 0.3 is 0 Å². The highest BCUT2D eigenvalue weighted by Crippen LogP contribution is 2.05. The lowest BCUT2D eigenvalue weighted by Crippen LogP contribution is -2.26. The van der Waals surface area contributed by atoms with E-state index in [-0.39, 0.29) is 10.5 Å². The maximum Gasteiger partial charge on any atom is 0.247 e. The van der Waals surface area contributed by atoms with E-state index in [2.05, 4.69) is 9.71 Å². The summed E-state index contributed by atoms with van der Waals surface area (Å²) in [5, 5.41) is 0. The first-order chi connectivity index (χ1) is 7.42. The fraction of sp³-hybridized carbons (Fsp3) is 0.500. The fourth-order valence-corrected chi connectivity index (χ4v) is 2.14. The Morgan fingerprint density at radius 2 is 2.06 bits per heavy atom. The molecular formula is C10H16N2O3S. The van der Waals surface area contributed by atoms with E-state index in [9.17, 15) is 13.2 Å². The highest BCUT2D eigenvalue weighted by molar-refractivity contribution is 7.89. The summed E-state index contributed by atoms with van der Waals surface area (Å²) in [6.07, 6.45) is 1.97. The predicted molar refractivity (Wildman–Crippen MR) is 61.7 cm³/mol. The van der Waals surface area contributed by atoms with Gasteiger partial charge in [-0.05, 0) is 18.4 Å². The van der Waals surface area contributed by atoms with Crippen molar-refractivity contribution in [3.05, 3.63) is 28.7 Å². The molecule has 6 heteroatoms. The molecular weight excluding hydrogens is 228 g/mol. The van der Waals surface area contributed by atoms with Crippen molar-refractivity contribution in [2.75, 3.05) is 6.54 Å².